The smallest absolute Gasteiger partial charge is 0.227 e. The van der Waals surface area contributed by atoms with Crippen LogP contribution in [0.5, 0.6) is 0 Å². The number of anilines is 1. The van der Waals surface area contributed by atoms with E-state index in [1.54, 1.807) is 6.20 Å². The van der Waals surface area contributed by atoms with Gasteiger partial charge in [0.25, 0.3) is 0 Å². The predicted octanol–water partition coefficient (Wildman–Crippen LogP) is 3.91. The standard InChI is InChI=1S/C23H28N4O2/c24-14-17-6-8-19(9-7-17)23(28)26-21-10-12-25-22-20(21)11-13-27(22)16-29-15-18-4-2-1-3-5-18/h1-5,10-13,17,19H,6-9,14-16,24H2,(H,25,26,28). The quantitative estimate of drug-likeness (QED) is 0.639. The maximum absolute atomic E-state index is 12.7. The number of fused-ring (bicyclic) bond motifs is 1. The predicted molar refractivity (Wildman–Crippen MR) is 114 cm³/mol. The van der Waals surface area contributed by atoms with Gasteiger partial charge in [0, 0.05) is 23.7 Å². The zero-order valence-corrected chi connectivity index (χ0v) is 16.6. The molecule has 1 aliphatic carbocycles. The largest absolute Gasteiger partial charge is 0.356 e. The Morgan fingerprint density at radius 2 is 1.93 bits per heavy atom. The molecule has 0 bridgehead atoms. The number of carbonyl (C=O) groups excluding carboxylic acids is 1. The van der Waals surface area contributed by atoms with E-state index in [9.17, 15) is 4.79 Å². The second kappa shape index (κ2) is 9.20. The van der Waals surface area contributed by atoms with Crippen LogP contribution in [-0.4, -0.2) is 22.0 Å². The van der Waals surface area contributed by atoms with E-state index < -0.39 is 0 Å². The monoisotopic (exact) mass is 392 g/mol. The Hall–Kier alpha value is -2.70. The zero-order chi connectivity index (χ0) is 20.1. The topological polar surface area (TPSA) is 82.2 Å². The molecule has 0 saturated heterocycles. The molecule has 1 saturated carbocycles. The molecule has 3 aromatic rings. The van der Waals surface area contributed by atoms with Gasteiger partial charge in [-0.1, -0.05) is 30.3 Å². The Morgan fingerprint density at radius 1 is 1.14 bits per heavy atom. The molecule has 1 aliphatic rings. The minimum absolute atomic E-state index is 0.0670. The molecule has 1 fully saturated rings. The van der Waals surface area contributed by atoms with Crippen molar-refractivity contribution in [2.45, 2.75) is 39.0 Å². The van der Waals surface area contributed by atoms with Crippen molar-refractivity contribution < 1.29 is 9.53 Å². The normalized spacial score (nSPS) is 19.3. The van der Waals surface area contributed by atoms with E-state index in [0.717, 1.165) is 54.5 Å². The number of benzene rings is 1. The molecule has 2 heterocycles. The molecule has 1 amide bonds. The molecule has 6 nitrogen and oxygen atoms in total. The summed E-state index contributed by atoms with van der Waals surface area (Å²) in [5, 5.41) is 4.05. The van der Waals surface area contributed by atoms with Crippen molar-refractivity contribution in [2.75, 3.05) is 11.9 Å². The van der Waals surface area contributed by atoms with Crippen LogP contribution in [0.4, 0.5) is 5.69 Å². The first-order chi connectivity index (χ1) is 14.2. The van der Waals surface area contributed by atoms with Gasteiger partial charge in [-0.05, 0) is 55.8 Å². The van der Waals surface area contributed by atoms with Crippen molar-refractivity contribution in [3.05, 3.63) is 60.4 Å². The molecule has 0 atom stereocenters. The number of amides is 1. The maximum Gasteiger partial charge on any atom is 0.227 e. The van der Waals surface area contributed by atoms with Crippen LogP contribution in [0.25, 0.3) is 11.0 Å². The zero-order valence-electron chi connectivity index (χ0n) is 16.6. The van der Waals surface area contributed by atoms with E-state index >= 15 is 0 Å². The summed E-state index contributed by atoms with van der Waals surface area (Å²) in [6, 6.07) is 13.9. The van der Waals surface area contributed by atoms with Gasteiger partial charge in [-0.25, -0.2) is 4.98 Å². The lowest BCUT2D eigenvalue weighted by Crippen LogP contribution is -2.29. The van der Waals surface area contributed by atoms with Gasteiger partial charge in [0.15, 0.2) is 0 Å². The van der Waals surface area contributed by atoms with Crippen molar-refractivity contribution in [1.29, 1.82) is 0 Å². The number of rotatable bonds is 7. The molecule has 29 heavy (non-hydrogen) atoms. The van der Waals surface area contributed by atoms with Gasteiger partial charge >= 0.3 is 0 Å². The summed E-state index contributed by atoms with van der Waals surface area (Å²) in [7, 11) is 0. The molecular formula is C23H28N4O2. The molecule has 0 aliphatic heterocycles. The summed E-state index contributed by atoms with van der Waals surface area (Å²) in [6.45, 7) is 1.67. The van der Waals surface area contributed by atoms with Crippen molar-refractivity contribution in [3.8, 4) is 0 Å². The van der Waals surface area contributed by atoms with Crippen LogP contribution in [0.2, 0.25) is 0 Å². The summed E-state index contributed by atoms with van der Waals surface area (Å²) in [4.78, 5) is 17.2. The van der Waals surface area contributed by atoms with Crippen molar-refractivity contribution >= 4 is 22.6 Å². The number of carbonyl (C=O) groups is 1. The molecule has 152 valence electrons. The summed E-state index contributed by atoms with van der Waals surface area (Å²) in [5.41, 5.74) is 8.51. The summed E-state index contributed by atoms with van der Waals surface area (Å²) in [6.07, 6.45) is 7.58. The van der Waals surface area contributed by atoms with Crippen LogP contribution in [0.1, 0.15) is 31.2 Å². The van der Waals surface area contributed by atoms with Crippen LogP contribution in [-0.2, 0) is 22.9 Å². The fourth-order valence-corrected chi connectivity index (χ4v) is 4.03. The molecule has 3 N–H and O–H groups in total. The van der Waals surface area contributed by atoms with E-state index in [0.29, 0.717) is 19.3 Å². The lowest BCUT2D eigenvalue weighted by atomic mass is 9.81. The molecule has 1 aromatic carbocycles. The van der Waals surface area contributed by atoms with Gasteiger partial charge in [-0.3, -0.25) is 4.79 Å². The van der Waals surface area contributed by atoms with E-state index in [4.69, 9.17) is 10.5 Å². The average Bonchev–Trinajstić information content (AvgIpc) is 3.19. The van der Waals surface area contributed by atoms with Crippen LogP contribution in [0.15, 0.2) is 54.9 Å². The van der Waals surface area contributed by atoms with Crippen LogP contribution >= 0.6 is 0 Å². The van der Waals surface area contributed by atoms with Gasteiger partial charge < -0.3 is 20.4 Å². The minimum atomic E-state index is 0.0670. The van der Waals surface area contributed by atoms with Crippen molar-refractivity contribution in [1.82, 2.24) is 9.55 Å². The Balaban J connectivity index is 1.40. The van der Waals surface area contributed by atoms with Gasteiger partial charge in [0.2, 0.25) is 5.91 Å². The Labute approximate surface area is 171 Å². The first-order valence-corrected chi connectivity index (χ1v) is 10.3. The number of nitrogens with one attached hydrogen (secondary N) is 1. The average molecular weight is 393 g/mol. The molecule has 0 unspecified atom stereocenters. The third-order valence-electron chi connectivity index (χ3n) is 5.81. The van der Waals surface area contributed by atoms with Crippen LogP contribution < -0.4 is 11.1 Å². The van der Waals surface area contributed by atoms with Gasteiger partial charge in [0.05, 0.1) is 12.3 Å². The fourth-order valence-electron chi connectivity index (χ4n) is 4.03. The summed E-state index contributed by atoms with van der Waals surface area (Å²) in [5.74, 6) is 0.731. The lowest BCUT2D eigenvalue weighted by molar-refractivity contribution is -0.121. The number of nitrogens with zero attached hydrogens (tertiary/aromatic N) is 2. The third-order valence-corrected chi connectivity index (χ3v) is 5.81. The second-order valence-electron chi connectivity index (χ2n) is 7.79. The number of nitrogens with two attached hydrogens (primary N) is 1. The Kier molecular flexibility index (Phi) is 6.22. The highest BCUT2D eigenvalue weighted by Crippen LogP contribution is 2.30. The highest BCUT2D eigenvalue weighted by atomic mass is 16.5. The van der Waals surface area contributed by atoms with Gasteiger partial charge in [0.1, 0.15) is 12.4 Å². The van der Waals surface area contributed by atoms with E-state index in [1.165, 1.54) is 0 Å². The number of pyridine rings is 1. The maximum atomic E-state index is 12.7. The van der Waals surface area contributed by atoms with Gasteiger partial charge in [-0.2, -0.15) is 0 Å². The van der Waals surface area contributed by atoms with E-state index in [2.05, 4.69) is 10.3 Å². The van der Waals surface area contributed by atoms with E-state index in [-0.39, 0.29) is 11.8 Å². The highest BCUT2D eigenvalue weighted by Gasteiger charge is 2.26. The molecule has 2 aromatic heterocycles. The Morgan fingerprint density at radius 3 is 2.69 bits per heavy atom. The molecule has 4 rings (SSSR count). The minimum Gasteiger partial charge on any atom is -0.356 e. The third kappa shape index (κ3) is 4.66. The second-order valence-corrected chi connectivity index (χ2v) is 7.79. The summed E-state index contributed by atoms with van der Waals surface area (Å²) < 4.78 is 7.79. The van der Waals surface area contributed by atoms with Crippen molar-refractivity contribution in [3.63, 3.8) is 0 Å². The fraction of sp³-hybridized carbons (Fsp3) is 0.391. The van der Waals surface area contributed by atoms with Crippen molar-refractivity contribution in [2.24, 2.45) is 17.6 Å². The number of ether oxygens (including phenoxy) is 1. The number of hydrogen-bond acceptors (Lipinski definition) is 4. The highest BCUT2D eigenvalue weighted by molar-refractivity contribution is 6.01. The Bertz CT molecular complexity index is 946. The number of hydrogen-bond donors (Lipinski definition) is 2. The molecule has 6 heteroatoms. The first-order valence-electron chi connectivity index (χ1n) is 10.3. The van der Waals surface area contributed by atoms with E-state index in [1.807, 2.05) is 53.2 Å². The van der Waals surface area contributed by atoms with Gasteiger partial charge in [-0.15, -0.1) is 0 Å². The van der Waals surface area contributed by atoms with Crippen LogP contribution in [0.3, 0.4) is 0 Å². The summed E-state index contributed by atoms with van der Waals surface area (Å²) >= 11 is 0. The molecule has 0 radical (unpaired) electrons. The van der Waals surface area contributed by atoms with Crippen LogP contribution in [0, 0.1) is 11.8 Å². The lowest BCUT2D eigenvalue weighted by Gasteiger charge is -2.26. The first kappa shape index (κ1) is 19.6. The molecular weight excluding hydrogens is 364 g/mol. The number of aromatic nitrogens is 2. The SMILES string of the molecule is NCC1CCC(C(=O)Nc2ccnc3c2ccn3COCc2ccccc2)CC1. The molecule has 0 spiro atoms.